The second kappa shape index (κ2) is 4.72. The molecule has 122 valence electrons. The highest BCUT2D eigenvalue weighted by Gasteiger charge is 2.56. The predicted octanol–water partition coefficient (Wildman–Crippen LogP) is 3.28. The summed E-state index contributed by atoms with van der Waals surface area (Å²) in [6.45, 7) is 1.79. The second-order valence-electron chi connectivity index (χ2n) is 9.24. The van der Waals surface area contributed by atoms with Crippen LogP contribution in [0.15, 0.2) is 0 Å². The van der Waals surface area contributed by atoms with Crippen LogP contribution in [-0.4, -0.2) is 25.2 Å². The zero-order valence-electron chi connectivity index (χ0n) is 13.6. The van der Waals surface area contributed by atoms with Gasteiger partial charge in [-0.15, -0.1) is 0 Å². The molecule has 0 radical (unpaired) electrons. The van der Waals surface area contributed by atoms with E-state index >= 15 is 0 Å². The van der Waals surface area contributed by atoms with Gasteiger partial charge in [0.25, 0.3) is 0 Å². The first-order valence-corrected chi connectivity index (χ1v) is 9.56. The van der Waals surface area contributed by atoms with Gasteiger partial charge in [-0.3, -0.25) is 4.79 Å². The molecule has 1 atom stereocenters. The summed E-state index contributed by atoms with van der Waals surface area (Å²) >= 11 is 0. The Balaban J connectivity index is 1.31. The first-order chi connectivity index (χ1) is 10.7. The van der Waals surface area contributed by atoms with E-state index in [1.165, 1.54) is 51.4 Å². The van der Waals surface area contributed by atoms with Gasteiger partial charge in [0.15, 0.2) is 0 Å². The molecule has 6 rings (SSSR count). The number of amides is 1. The van der Waals surface area contributed by atoms with Gasteiger partial charge in [0.1, 0.15) is 0 Å². The largest absolute Gasteiger partial charge is 0.381 e. The third-order valence-corrected chi connectivity index (χ3v) is 7.98. The molecule has 0 aromatic rings. The summed E-state index contributed by atoms with van der Waals surface area (Å²) in [5.74, 6) is 3.00. The Bertz CT molecular complexity index is 445. The van der Waals surface area contributed by atoms with Crippen molar-refractivity contribution in [1.29, 1.82) is 0 Å². The molecule has 6 fully saturated rings. The average Bonchev–Trinajstić information content (AvgIpc) is 2.51. The van der Waals surface area contributed by atoms with E-state index in [2.05, 4.69) is 5.32 Å². The number of rotatable bonds is 2. The van der Waals surface area contributed by atoms with E-state index in [0.717, 1.165) is 43.8 Å². The molecule has 5 aliphatic carbocycles. The lowest BCUT2D eigenvalue weighted by Gasteiger charge is -2.57. The van der Waals surface area contributed by atoms with Gasteiger partial charge in [-0.2, -0.15) is 0 Å². The van der Waals surface area contributed by atoms with Crippen LogP contribution in [0.3, 0.4) is 0 Å². The van der Waals surface area contributed by atoms with Gasteiger partial charge in [0.2, 0.25) is 5.91 Å². The van der Waals surface area contributed by atoms with E-state index in [9.17, 15) is 4.79 Å². The van der Waals surface area contributed by atoms with Crippen LogP contribution in [0.2, 0.25) is 0 Å². The van der Waals surface area contributed by atoms with Gasteiger partial charge in [0, 0.05) is 24.7 Å². The SMILES string of the molecule is O=C(NC1CCC12CCOCC2)C12CC3CC(CC(C3)C1)C2. The third kappa shape index (κ3) is 1.93. The van der Waals surface area contributed by atoms with Crippen molar-refractivity contribution >= 4 is 5.91 Å². The van der Waals surface area contributed by atoms with Crippen LogP contribution in [-0.2, 0) is 9.53 Å². The number of carbonyl (C=O) groups excluding carboxylic acids is 1. The highest BCUT2D eigenvalue weighted by molar-refractivity contribution is 5.83. The predicted molar refractivity (Wildman–Crippen MR) is 84.3 cm³/mol. The van der Waals surface area contributed by atoms with Crippen molar-refractivity contribution in [1.82, 2.24) is 5.32 Å². The Morgan fingerprint density at radius 3 is 2.00 bits per heavy atom. The normalized spacial score (nSPS) is 48.2. The van der Waals surface area contributed by atoms with Crippen LogP contribution in [0, 0.1) is 28.6 Å². The average molecular weight is 303 g/mol. The Morgan fingerprint density at radius 1 is 0.909 bits per heavy atom. The highest BCUT2D eigenvalue weighted by Crippen LogP contribution is 2.60. The summed E-state index contributed by atoms with van der Waals surface area (Å²) in [6.07, 6.45) is 12.6. The summed E-state index contributed by atoms with van der Waals surface area (Å²) in [6, 6.07) is 0.442. The summed E-state index contributed by atoms with van der Waals surface area (Å²) in [4.78, 5) is 13.2. The van der Waals surface area contributed by atoms with Crippen molar-refractivity contribution < 1.29 is 9.53 Å². The lowest BCUT2D eigenvalue weighted by molar-refractivity contribution is -0.151. The molecule has 3 heteroatoms. The number of ether oxygens (including phenoxy) is 1. The molecule has 22 heavy (non-hydrogen) atoms. The van der Waals surface area contributed by atoms with Crippen molar-refractivity contribution in [2.75, 3.05) is 13.2 Å². The van der Waals surface area contributed by atoms with Crippen LogP contribution in [0.5, 0.6) is 0 Å². The zero-order valence-corrected chi connectivity index (χ0v) is 13.6. The van der Waals surface area contributed by atoms with Crippen molar-refractivity contribution in [3.05, 3.63) is 0 Å². The van der Waals surface area contributed by atoms with Crippen molar-refractivity contribution in [2.24, 2.45) is 28.6 Å². The van der Waals surface area contributed by atoms with Gasteiger partial charge in [-0.1, -0.05) is 0 Å². The van der Waals surface area contributed by atoms with E-state index < -0.39 is 0 Å². The molecule has 1 unspecified atom stereocenters. The van der Waals surface area contributed by atoms with Crippen LogP contribution in [0.1, 0.15) is 64.2 Å². The minimum absolute atomic E-state index is 0.0245. The number of nitrogens with one attached hydrogen (secondary N) is 1. The van der Waals surface area contributed by atoms with E-state index in [4.69, 9.17) is 4.74 Å². The molecular weight excluding hydrogens is 274 g/mol. The van der Waals surface area contributed by atoms with Gasteiger partial charge in [-0.05, 0) is 87.4 Å². The second-order valence-corrected chi connectivity index (χ2v) is 9.24. The molecule has 1 N–H and O–H groups in total. The fraction of sp³-hybridized carbons (Fsp3) is 0.947. The number of hydrogen-bond acceptors (Lipinski definition) is 2. The molecule has 1 heterocycles. The molecule has 0 aromatic heterocycles. The van der Waals surface area contributed by atoms with Gasteiger partial charge >= 0.3 is 0 Å². The van der Waals surface area contributed by atoms with Gasteiger partial charge in [0.05, 0.1) is 0 Å². The lowest BCUT2D eigenvalue weighted by atomic mass is 9.49. The van der Waals surface area contributed by atoms with Crippen LogP contribution in [0.25, 0.3) is 0 Å². The topological polar surface area (TPSA) is 38.3 Å². The molecule has 1 aliphatic heterocycles. The van der Waals surface area contributed by atoms with Crippen LogP contribution >= 0.6 is 0 Å². The molecule has 0 aromatic carbocycles. The van der Waals surface area contributed by atoms with Gasteiger partial charge in [-0.25, -0.2) is 0 Å². The first kappa shape index (κ1) is 13.8. The molecule has 1 spiro atoms. The van der Waals surface area contributed by atoms with E-state index in [1.807, 2.05) is 0 Å². The molecule has 1 amide bonds. The summed E-state index contributed by atoms with van der Waals surface area (Å²) in [7, 11) is 0. The van der Waals surface area contributed by atoms with E-state index in [-0.39, 0.29) is 5.41 Å². The Kier molecular flexibility index (Phi) is 2.97. The van der Waals surface area contributed by atoms with E-state index in [1.54, 1.807) is 0 Å². The zero-order chi connectivity index (χ0) is 14.8. The monoisotopic (exact) mass is 303 g/mol. The minimum Gasteiger partial charge on any atom is -0.381 e. The molecule has 1 saturated heterocycles. The van der Waals surface area contributed by atoms with Crippen molar-refractivity contribution in [2.45, 2.75) is 70.3 Å². The van der Waals surface area contributed by atoms with Crippen LogP contribution in [0.4, 0.5) is 0 Å². The number of carbonyl (C=O) groups is 1. The molecule has 3 nitrogen and oxygen atoms in total. The van der Waals surface area contributed by atoms with Crippen LogP contribution < -0.4 is 5.32 Å². The maximum Gasteiger partial charge on any atom is 0.226 e. The smallest absolute Gasteiger partial charge is 0.226 e. The van der Waals surface area contributed by atoms with Crippen molar-refractivity contribution in [3.63, 3.8) is 0 Å². The molecular formula is C19H29NO2. The Labute approximate surface area is 133 Å². The Morgan fingerprint density at radius 2 is 1.50 bits per heavy atom. The fourth-order valence-corrected chi connectivity index (χ4v) is 7.00. The third-order valence-electron chi connectivity index (χ3n) is 7.98. The standard InChI is InChI=1S/C19H29NO2/c21-17(20-16-1-2-18(16)3-5-22-6-4-18)19-10-13-7-14(11-19)9-15(8-13)12-19/h13-16H,1-12H2,(H,20,21). The quantitative estimate of drug-likeness (QED) is 0.850. The maximum absolute atomic E-state index is 13.2. The lowest BCUT2D eigenvalue weighted by Crippen LogP contribution is -2.61. The molecule has 5 saturated carbocycles. The Hall–Kier alpha value is -0.570. The van der Waals surface area contributed by atoms with Crippen molar-refractivity contribution in [3.8, 4) is 0 Å². The summed E-state index contributed by atoms with van der Waals surface area (Å²) < 4.78 is 5.54. The molecule has 4 bridgehead atoms. The number of hydrogen-bond donors (Lipinski definition) is 1. The summed E-state index contributed by atoms with van der Waals surface area (Å²) in [5.41, 5.74) is 0.410. The summed E-state index contributed by atoms with van der Waals surface area (Å²) in [5, 5.41) is 3.54. The first-order valence-electron chi connectivity index (χ1n) is 9.56. The minimum atomic E-state index is 0.0245. The van der Waals surface area contributed by atoms with Gasteiger partial charge < -0.3 is 10.1 Å². The maximum atomic E-state index is 13.2. The fourth-order valence-electron chi connectivity index (χ4n) is 7.00. The van der Waals surface area contributed by atoms with E-state index in [0.29, 0.717) is 17.4 Å². The highest BCUT2D eigenvalue weighted by atomic mass is 16.5. The molecule has 6 aliphatic rings.